The molecule has 1 aromatic heterocycles. The number of aromatic nitrogens is 1. The van der Waals surface area contributed by atoms with Crippen LogP contribution in [-0.4, -0.2) is 17.4 Å². The highest BCUT2D eigenvalue weighted by Gasteiger charge is 2.15. The number of anilines is 2. The normalized spacial score (nSPS) is 11.8. The number of amides is 1. The average Bonchev–Trinajstić information content (AvgIpc) is 3.10. The summed E-state index contributed by atoms with van der Waals surface area (Å²) in [4.78, 5) is 16.9. The number of hydrogen-bond donors (Lipinski definition) is 2. The van der Waals surface area contributed by atoms with Crippen LogP contribution in [0.3, 0.4) is 0 Å². The Balaban J connectivity index is 1.98. The summed E-state index contributed by atoms with van der Waals surface area (Å²) in [6, 6.07) is 7.87. The van der Waals surface area contributed by atoms with E-state index in [4.69, 9.17) is 0 Å². The first-order valence-corrected chi connectivity index (χ1v) is 9.77. The molecule has 2 aromatic rings. The molecule has 0 fully saturated rings. The fourth-order valence-electron chi connectivity index (χ4n) is 2.59. The Labute approximate surface area is 154 Å². The van der Waals surface area contributed by atoms with Gasteiger partial charge in [-0.15, -0.1) is 17.9 Å². The van der Waals surface area contributed by atoms with Gasteiger partial charge in [0, 0.05) is 29.1 Å². The van der Waals surface area contributed by atoms with Crippen LogP contribution in [0.1, 0.15) is 39.5 Å². The lowest BCUT2D eigenvalue weighted by Gasteiger charge is -2.14. The van der Waals surface area contributed by atoms with Crippen molar-refractivity contribution < 1.29 is 4.79 Å². The van der Waals surface area contributed by atoms with Crippen LogP contribution in [0.25, 0.3) is 11.3 Å². The van der Waals surface area contributed by atoms with Gasteiger partial charge in [-0.25, -0.2) is 4.98 Å². The van der Waals surface area contributed by atoms with Crippen molar-refractivity contribution in [3.63, 3.8) is 0 Å². The second-order valence-electron chi connectivity index (χ2n) is 6.02. The molecule has 25 heavy (non-hydrogen) atoms. The minimum absolute atomic E-state index is 0.0941. The first-order chi connectivity index (χ1) is 12.2. The predicted octanol–water partition coefficient (Wildman–Crippen LogP) is 5.56. The molecule has 1 aromatic carbocycles. The summed E-state index contributed by atoms with van der Waals surface area (Å²) < 4.78 is 0. The summed E-state index contributed by atoms with van der Waals surface area (Å²) in [6.45, 7) is 8.62. The summed E-state index contributed by atoms with van der Waals surface area (Å²) >= 11 is 1.57. The largest absolute Gasteiger partial charge is 0.358 e. The highest BCUT2D eigenvalue weighted by atomic mass is 32.1. The number of hydrogen-bond acceptors (Lipinski definition) is 4. The van der Waals surface area contributed by atoms with Gasteiger partial charge in [0.25, 0.3) is 0 Å². The number of unbranched alkanes of at least 4 members (excludes halogenated alkanes) is 1. The molecule has 1 atom stereocenters. The number of rotatable bonds is 10. The highest BCUT2D eigenvalue weighted by molar-refractivity contribution is 7.14. The average molecular weight is 358 g/mol. The smallest absolute Gasteiger partial charge is 0.227 e. The van der Waals surface area contributed by atoms with Gasteiger partial charge < -0.3 is 10.6 Å². The SMILES string of the molecule is C=CCNc1nc(-c2ccc(NC(=O)C(CC)CCCC)cc2)cs1. The van der Waals surface area contributed by atoms with E-state index in [1.807, 2.05) is 35.7 Å². The van der Waals surface area contributed by atoms with Crippen LogP contribution >= 0.6 is 11.3 Å². The molecule has 1 unspecified atom stereocenters. The van der Waals surface area contributed by atoms with E-state index in [-0.39, 0.29) is 11.8 Å². The van der Waals surface area contributed by atoms with E-state index in [1.54, 1.807) is 11.3 Å². The van der Waals surface area contributed by atoms with E-state index in [0.29, 0.717) is 6.54 Å². The molecule has 1 amide bonds. The Morgan fingerprint density at radius 2 is 2.08 bits per heavy atom. The molecule has 0 saturated carbocycles. The van der Waals surface area contributed by atoms with Crippen LogP contribution in [0, 0.1) is 5.92 Å². The first-order valence-electron chi connectivity index (χ1n) is 8.89. The molecule has 1 heterocycles. The van der Waals surface area contributed by atoms with Crippen molar-refractivity contribution in [3.05, 3.63) is 42.3 Å². The van der Waals surface area contributed by atoms with Gasteiger partial charge in [-0.3, -0.25) is 4.79 Å². The summed E-state index contributed by atoms with van der Waals surface area (Å²) in [5.41, 5.74) is 2.81. The van der Waals surface area contributed by atoms with Gasteiger partial charge >= 0.3 is 0 Å². The fourth-order valence-corrected chi connectivity index (χ4v) is 3.32. The van der Waals surface area contributed by atoms with Gasteiger partial charge in [0.2, 0.25) is 5.91 Å². The maximum Gasteiger partial charge on any atom is 0.227 e. The molecule has 134 valence electrons. The van der Waals surface area contributed by atoms with Crippen LogP contribution in [0.15, 0.2) is 42.3 Å². The van der Waals surface area contributed by atoms with Crippen molar-refractivity contribution in [2.45, 2.75) is 39.5 Å². The minimum Gasteiger partial charge on any atom is -0.358 e. The zero-order valence-corrected chi connectivity index (χ0v) is 15.9. The summed E-state index contributed by atoms with van der Waals surface area (Å²) in [5.74, 6) is 0.213. The topological polar surface area (TPSA) is 54.0 Å². The molecule has 4 nitrogen and oxygen atoms in total. The van der Waals surface area contributed by atoms with Crippen LogP contribution in [0.5, 0.6) is 0 Å². The highest BCUT2D eigenvalue weighted by Crippen LogP contribution is 2.26. The second-order valence-corrected chi connectivity index (χ2v) is 6.88. The number of benzene rings is 1. The Kier molecular flexibility index (Phi) is 7.67. The molecule has 2 N–H and O–H groups in total. The van der Waals surface area contributed by atoms with Gasteiger partial charge in [0.15, 0.2) is 5.13 Å². The third-order valence-corrected chi connectivity index (χ3v) is 4.92. The zero-order valence-electron chi connectivity index (χ0n) is 15.0. The molecule has 0 saturated heterocycles. The molecular weight excluding hydrogens is 330 g/mol. The van der Waals surface area contributed by atoms with Gasteiger partial charge in [-0.2, -0.15) is 0 Å². The van der Waals surface area contributed by atoms with Crippen molar-refractivity contribution in [2.75, 3.05) is 17.2 Å². The Bertz CT molecular complexity index is 679. The molecule has 0 bridgehead atoms. The predicted molar refractivity (Wildman–Crippen MR) is 108 cm³/mol. The van der Waals surface area contributed by atoms with E-state index < -0.39 is 0 Å². The Morgan fingerprint density at radius 3 is 2.72 bits per heavy atom. The number of carbonyl (C=O) groups excluding carboxylic acids is 1. The van der Waals surface area contributed by atoms with Crippen molar-refractivity contribution in [1.29, 1.82) is 0 Å². The molecular formula is C20H27N3OS. The molecule has 0 spiro atoms. The number of carbonyl (C=O) groups is 1. The van der Waals surface area contributed by atoms with Crippen molar-refractivity contribution in [1.82, 2.24) is 4.98 Å². The number of nitrogens with one attached hydrogen (secondary N) is 2. The van der Waals surface area contributed by atoms with Crippen molar-refractivity contribution in [2.24, 2.45) is 5.92 Å². The van der Waals surface area contributed by atoms with Crippen LogP contribution in [0.2, 0.25) is 0 Å². The van der Waals surface area contributed by atoms with E-state index in [9.17, 15) is 4.79 Å². The van der Waals surface area contributed by atoms with E-state index in [2.05, 4.69) is 36.0 Å². The lowest BCUT2D eigenvalue weighted by atomic mass is 9.98. The summed E-state index contributed by atoms with van der Waals surface area (Å²) in [7, 11) is 0. The van der Waals surface area contributed by atoms with Gasteiger partial charge in [-0.05, 0) is 25.0 Å². The quantitative estimate of drug-likeness (QED) is 0.547. The zero-order chi connectivity index (χ0) is 18.1. The minimum atomic E-state index is 0.0941. The van der Waals surface area contributed by atoms with Crippen LogP contribution in [-0.2, 0) is 4.79 Å². The maximum absolute atomic E-state index is 12.4. The monoisotopic (exact) mass is 357 g/mol. The number of thiazole rings is 1. The van der Waals surface area contributed by atoms with Gasteiger partial charge in [0.1, 0.15) is 0 Å². The lowest BCUT2D eigenvalue weighted by molar-refractivity contribution is -0.120. The summed E-state index contributed by atoms with van der Waals surface area (Å²) in [6.07, 6.45) is 5.86. The molecule has 5 heteroatoms. The maximum atomic E-state index is 12.4. The lowest BCUT2D eigenvalue weighted by Crippen LogP contribution is -2.22. The van der Waals surface area contributed by atoms with Crippen LogP contribution in [0.4, 0.5) is 10.8 Å². The molecule has 0 radical (unpaired) electrons. The molecule has 0 aliphatic carbocycles. The second kappa shape index (κ2) is 9.99. The van der Waals surface area contributed by atoms with Crippen molar-refractivity contribution >= 4 is 28.1 Å². The van der Waals surface area contributed by atoms with Crippen LogP contribution < -0.4 is 10.6 Å². The summed E-state index contributed by atoms with van der Waals surface area (Å²) in [5, 5.41) is 9.13. The molecule has 0 aliphatic heterocycles. The molecule has 0 aliphatic rings. The van der Waals surface area contributed by atoms with E-state index in [0.717, 1.165) is 47.8 Å². The number of nitrogens with zero attached hydrogens (tertiary/aromatic N) is 1. The fraction of sp³-hybridized carbons (Fsp3) is 0.400. The van der Waals surface area contributed by atoms with E-state index >= 15 is 0 Å². The van der Waals surface area contributed by atoms with Gasteiger partial charge in [0.05, 0.1) is 5.69 Å². The third-order valence-electron chi connectivity index (χ3n) is 4.12. The van der Waals surface area contributed by atoms with E-state index in [1.165, 1.54) is 0 Å². The van der Waals surface area contributed by atoms with Gasteiger partial charge in [-0.1, -0.05) is 44.9 Å². The molecule has 2 rings (SSSR count). The standard InChI is InChI=1S/C20H27N3OS/c1-4-7-8-15(6-3)19(24)22-17-11-9-16(10-12-17)18-14-25-20(23-18)21-13-5-2/h5,9-12,14-15H,2,4,6-8,13H2,1,3H3,(H,21,23)(H,22,24). The Hall–Kier alpha value is -2.14. The first kappa shape index (κ1) is 19.2. The van der Waals surface area contributed by atoms with Crippen molar-refractivity contribution in [3.8, 4) is 11.3 Å². The Morgan fingerprint density at radius 1 is 1.32 bits per heavy atom. The third kappa shape index (κ3) is 5.71.